The van der Waals surface area contributed by atoms with Crippen molar-refractivity contribution in [1.82, 2.24) is 10.3 Å². The van der Waals surface area contributed by atoms with Crippen LogP contribution in [-0.2, 0) is 4.79 Å². The highest BCUT2D eigenvalue weighted by Crippen LogP contribution is 2.31. The van der Waals surface area contributed by atoms with E-state index in [0.717, 1.165) is 25.7 Å². The summed E-state index contributed by atoms with van der Waals surface area (Å²) in [7, 11) is 0. The van der Waals surface area contributed by atoms with Crippen LogP contribution in [0.25, 0.3) is 0 Å². The predicted molar refractivity (Wildman–Crippen MR) is 102 cm³/mol. The number of aliphatic carboxylic acids is 1. The van der Waals surface area contributed by atoms with Gasteiger partial charge in [-0.3, -0.25) is 4.79 Å². The van der Waals surface area contributed by atoms with Gasteiger partial charge in [0.05, 0.1) is 16.9 Å². The molecule has 1 aliphatic carbocycles. The van der Waals surface area contributed by atoms with Crippen molar-refractivity contribution in [2.75, 3.05) is 5.32 Å². The van der Waals surface area contributed by atoms with Gasteiger partial charge in [-0.15, -0.1) is 11.3 Å². The zero-order valence-electron chi connectivity index (χ0n) is 14.3. The van der Waals surface area contributed by atoms with Gasteiger partial charge in [-0.05, 0) is 31.0 Å². The lowest BCUT2D eigenvalue weighted by molar-refractivity contribution is -0.139. The lowest BCUT2D eigenvalue weighted by Gasteiger charge is -2.16. The van der Waals surface area contributed by atoms with E-state index in [2.05, 4.69) is 15.6 Å². The molecule has 2 aromatic rings. The number of rotatable bonds is 6. The second-order valence-corrected chi connectivity index (χ2v) is 7.47. The fourth-order valence-corrected chi connectivity index (χ4v) is 3.91. The average molecular weight is 408 g/mol. The van der Waals surface area contributed by atoms with Crippen LogP contribution < -0.4 is 10.6 Å². The molecule has 9 heteroatoms. The Bertz CT molecular complexity index is 850. The van der Waals surface area contributed by atoms with Crippen LogP contribution in [-0.4, -0.2) is 27.9 Å². The molecule has 0 bridgehead atoms. The van der Waals surface area contributed by atoms with E-state index in [9.17, 15) is 19.5 Å². The molecule has 1 atom stereocenters. The highest BCUT2D eigenvalue weighted by molar-refractivity contribution is 7.07. The summed E-state index contributed by atoms with van der Waals surface area (Å²) in [4.78, 5) is 40.5. The first-order valence-electron chi connectivity index (χ1n) is 8.48. The third-order valence-corrected chi connectivity index (χ3v) is 5.33. The van der Waals surface area contributed by atoms with E-state index in [4.69, 9.17) is 11.6 Å². The zero-order valence-corrected chi connectivity index (χ0v) is 15.8. The van der Waals surface area contributed by atoms with E-state index >= 15 is 0 Å². The molecule has 1 aliphatic rings. The topological polar surface area (TPSA) is 108 Å². The summed E-state index contributed by atoms with van der Waals surface area (Å²) in [6.07, 6.45) is 3.66. The molecule has 27 heavy (non-hydrogen) atoms. The number of ketones is 1. The van der Waals surface area contributed by atoms with E-state index in [1.807, 2.05) is 0 Å². The molecule has 1 unspecified atom stereocenters. The van der Waals surface area contributed by atoms with Crippen LogP contribution in [0.3, 0.4) is 0 Å². The Morgan fingerprint density at radius 3 is 2.63 bits per heavy atom. The number of aromatic nitrogens is 1. The number of carbonyl (C=O) groups excluding carboxylic acids is 2. The Morgan fingerprint density at radius 2 is 2.00 bits per heavy atom. The molecular weight excluding hydrogens is 390 g/mol. The molecule has 1 heterocycles. The van der Waals surface area contributed by atoms with Gasteiger partial charge < -0.3 is 15.7 Å². The van der Waals surface area contributed by atoms with Gasteiger partial charge in [0.1, 0.15) is 0 Å². The minimum atomic E-state index is -1.28. The van der Waals surface area contributed by atoms with Crippen molar-refractivity contribution in [2.45, 2.75) is 31.7 Å². The molecule has 3 rings (SSSR count). The summed E-state index contributed by atoms with van der Waals surface area (Å²) in [5, 5.41) is 16.2. The number of nitrogens with one attached hydrogen (secondary N) is 2. The Hall–Kier alpha value is -2.45. The summed E-state index contributed by atoms with van der Waals surface area (Å²) in [5.74, 6) is -1.36. The summed E-state index contributed by atoms with van der Waals surface area (Å²) in [5.41, 5.74) is 2.37. The Morgan fingerprint density at radius 1 is 1.26 bits per heavy atom. The SMILES string of the molecule is O=C(Nc1ccc(Cl)cc1C(=O)C1CCCC1)NC(C(=O)O)c1cscn1. The van der Waals surface area contributed by atoms with E-state index in [-0.39, 0.29) is 17.4 Å². The number of benzene rings is 1. The molecule has 1 aromatic carbocycles. The van der Waals surface area contributed by atoms with Gasteiger partial charge in [0, 0.05) is 21.9 Å². The summed E-state index contributed by atoms with van der Waals surface area (Å²) in [6.45, 7) is 0. The molecule has 1 aromatic heterocycles. The summed E-state index contributed by atoms with van der Waals surface area (Å²) >= 11 is 7.27. The van der Waals surface area contributed by atoms with Crippen LogP contribution in [0.1, 0.15) is 47.8 Å². The van der Waals surface area contributed by atoms with Gasteiger partial charge in [0.25, 0.3) is 0 Å². The van der Waals surface area contributed by atoms with Crippen LogP contribution >= 0.6 is 22.9 Å². The van der Waals surface area contributed by atoms with Crippen molar-refractivity contribution in [3.63, 3.8) is 0 Å². The number of nitrogens with zero attached hydrogens (tertiary/aromatic N) is 1. The van der Waals surface area contributed by atoms with Crippen LogP contribution in [0.15, 0.2) is 29.1 Å². The van der Waals surface area contributed by atoms with Crippen molar-refractivity contribution in [3.05, 3.63) is 45.4 Å². The quantitative estimate of drug-likeness (QED) is 0.624. The second kappa shape index (κ2) is 8.49. The van der Waals surface area contributed by atoms with Gasteiger partial charge in [0.15, 0.2) is 11.8 Å². The fraction of sp³-hybridized carbons (Fsp3) is 0.333. The smallest absolute Gasteiger partial charge is 0.332 e. The third-order valence-electron chi connectivity index (χ3n) is 4.49. The molecule has 1 saturated carbocycles. The molecule has 1 fully saturated rings. The number of amides is 2. The molecule has 3 N–H and O–H groups in total. The molecule has 0 spiro atoms. The van der Waals surface area contributed by atoms with Crippen LogP contribution in [0.4, 0.5) is 10.5 Å². The van der Waals surface area contributed by atoms with E-state index in [1.165, 1.54) is 22.9 Å². The van der Waals surface area contributed by atoms with Gasteiger partial charge >= 0.3 is 12.0 Å². The average Bonchev–Trinajstić information content (AvgIpc) is 3.34. The molecule has 142 valence electrons. The number of hydrogen-bond acceptors (Lipinski definition) is 5. The maximum Gasteiger partial charge on any atom is 0.332 e. The van der Waals surface area contributed by atoms with Crippen molar-refractivity contribution in [3.8, 4) is 0 Å². The van der Waals surface area contributed by atoms with E-state index < -0.39 is 18.0 Å². The number of carboxylic acid groups (broad SMARTS) is 1. The molecule has 2 amide bonds. The number of carbonyl (C=O) groups is 3. The minimum absolute atomic E-state index is 0.0559. The van der Waals surface area contributed by atoms with Crippen molar-refractivity contribution in [2.24, 2.45) is 5.92 Å². The first-order chi connectivity index (χ1) is 13.0. The van der Waals surface area contributed by atoms with Gasteiger partial charge in [-0.25, -0.2) is 14.6 Å². The molecule has 0 saturated heterocycles. The number of anilines is 1. The summed E-state index contributed by atoms with van der Waals surface area (Å²) < 4.78 is 0. The highest BCUT2D eigenvalue weighted by atomic mass is 35.5. The van der Waals surface area contributed by atoms with Gasteiger partial charge in [-0.2, -0.15) is 0 Å². The van der Waals surface area contributed by atoms with Crippen molar-refractivity contribution < 1.29 is 19.5 Å². The number of Topliss-reactive ketones (excluding diaryl/α,β-unsaturated/α-hetero) is 1. The Kier molecular flexibility index (Phi) is 6.08. The number of carboxylic acids is 1. The van der Waals surface area contributed by atoms with E-state index in [0.29, 0.717) is 16.3 Å². The van der Waals surface area contributed by atoms with Crippen LogP contribution in [0, 0.1) is 5.92 Å². The lowest BCUT2D eigenvalue weighted by atomic mass is 9.95. The number of thiazole rings is 1. The third kappa shape index (κ3) is 4.64. The normalized spacial score (nSPS) is 15.3. The zero-order chi connectivity index (χ0) is 19.4. The highest BCUT2D eigenvalue weighted by Gasteiger charge is 2.27. The molecule has 0 aliphatic heterocycles. The predicted octanol–water partition coefficient (Wildman–Crippen LogP) is 4.12. The molecule has 0 radical (unpaired) electrons. The van der Waals surface area contributed by atoms with Crippen LogP contribution in [0.5, 0.6) is 0 Å². The van der Waals surface area contributed by atoms with E-state index in [1.54, 1.807) is 17.5 Å². The van der Waals surface area contributed by atoms with Crippen LogP contribution in [0.2, 0.25) is 5.02 Å². The maximum atomic E-state index is 12.8. The molecule has 7 nitrogen and oxygen atoms in total. The second-order valence-electron chi connectivity index (χ2n) is 6.32. The van der Waals surface area contributed by atoms with Crippen molar-refractivity contribution >= 4 is 46.4 Å². The first kappa shape index (κ1) is 19.3. The number of halogens is 1. The first-order valence-corrected chi connectivity index (χ1v) is 9.80. The standard InChI is InChI=1S/C18H18ClN3O4S/c19-11-5-6-13(12(7-11)16(23)10-3-1-2-4-10)21-18(26)22-15(17(24)25)14-8-27-9-20-14/h5-10,15H,1-4H2,(H,24,25)(H2,21,22,26). The maximum absolute atomic E-state index is 12.8. The number of urea groups is 1. The Labute approximate surface area is 164 Å². The fourth-order valence-electron chi connectivity index (χ4n) is 3.15. The summed E-state index contributed by atoms with van der Waals surface area (Å²) in [6, 6.07) is 2.63. The lowest BCUT2D eigenvalue weighted by Crippen LogP contribution is -2.37. The largest absolute Gasteiger partial charge is 0.479 e. The van der Waals surface area contributed by atoms with Gasteiger partial charge in [-0.1, -0.05) is 24.4 Å². The van der Waals surface area contributed by atoms with Gasteiger partial charge in [0.2, 0.25) is 0 Å². The number of hydrogen-bond donors (Lipinski definition) is 3. The molecular formula is C18H18ClN3O4S. The monoisotopic (exact) mass is 407 g/mol. The van der Waals surface area contributed by atoms with Crippen molar-refractivity contribution in [1.29, 1.82) is 0 Å². The minimum Gasteiger partial charge on any atom is -0.479 e. The Balaban J connectivity index is 1.77.